The SMILES string of the molecule is CC(=O)N1CCC(c2ncc3cnccn23)CC1. The second kappa shape index (κ2) is 4.40. The molecule has 94 valence electrons. The highest BCUT2D eigenvalue weighted by molar-refractivity contribution is 5.73. The van der Waals surface area contributed by atoms with E-state index < -0.39 is 0 Å². The maximum atomic E-state index is 11.3. The van der Waals surface area contributed by atoms with Gasteiger partial charge in [0.15, 0.2) is 0 Å². The van der Waals surface area contributed by atoms with Gasteiger partial charge in [-0.15, -0.1) is 0 Å². The van der Waals surface area contributed by atoms with E-state index in [-0.39, 0.29) is 5.91 Å². The van der Waals surface area contributed by atoms with Gasteiger partial charge in [0.1, 0.15) is 5.82 Å². The van der Waals surface area contributed by atoms with Crippen LogP contribution in [0, 0.1) is 0 Å². The van der Waals surface area contributed by atoms with Gasteiger partial charge in [0.05, 0.1) is 17.9 Å². The van der Waals surface area contributed by atoms with Crippen LogP contribution in [0.4, 0.5) is 0 Å². The van der Waals surface area contributed by atoms with Crippen LogP contribution in [0.15, 0.2) is 24.8 Å². The molecule has 0 aromatic carbocycles. The molecule has 1 fully saturated rings. The summed E-state index contributed by atoms with van der Waals surface area (Å²) in [6.45, 7) is 3.30. The van der Waals surface area contributed by atoms with Crippen molar-refractivity contribution in [1.82, 2.24) is 19.3 Å². The van der Waals surface area contributed by atoms with Crippen molar-refractivity contribution in [3.8, 4) is 0 Å². The maximum Gasteiger partial charge on any atom is 0.219 e. The normalized spacial score (nSPS) is 17.3. The Morgan fingerprint density at radius 1 is 1.33 bits per heavy atom. The summed E-state index contributed by atoms with van der Waals surface area (Å²) in [6, 6.07) is 0. The van der Waals surface area contributed by atoms with Gasteiger partial charge < -0.3 is 9.30 Å². The molecular formula is C13H16N4O. The first-order valence-corrected chi connectivity index (χ1v) is 6.28. The smallest absolute Gasteiger partial charge is 0.219 e. The lowest BCUT2D eigenvalue weighted by Gasteiger charge is -2.30. The molecule has 0 N–H and O–H groups in total. The van der Waals surface area contributed by atoms with Crippen LogP contribution in [-0.2, 0) is 4.79 Å². The monoisotopic (exact) mass is 244 g/mol. The van der Waals surface area contributed by atoms with Crippen LogP contribution in [0.1, 0.15) is 31.5 Å². The number of aromatic nitrogens is 3. The van der Waals surface area contributed by atoms with E-state index in [0.29, 0.717) is 5.92 Å². The van der Waals surface area contributed by atoms with Crippen molar-refractivity contribution < 1.29 is 4.79 Å². The fraction of sp³-hybridized carbons (Fsp3) is 0.462. The molecule has 5 nitrogen and oxygen atoms in total. The lowest BCUT2D eigenvalue weighted by molar-refractivity contribution is -0.129. The molecule has 0 unspecified atom stereocenters. The van der Waals surface area contributed by atoms with Crippen molar-refractivity contribution in [2.75, 3.05) is 13.1 Å². The molecule has 0 atom stereocenters. The Bertz CT molecular complexity index is 569. The van der Waals surface area contributed by atoms with E-state index in [0.717, 1.165) is 37.3 Å². The number of fused-ring (bicyclic) bond motifs is 1. The topological polar surface area (TPSA) is 50.5 Å². The molecule has 1 aliphatic rings. The molecule has 0 saturated carbocycles. The lowest BCUT2D eigenvalue weighted by Crippen LogP contribution is -2.36. The molecular weight excluding hydrogens is 228 g/mol. The van der Waals surface area contributed by atoms with Crippen molar-refractivity contribution in [1.29, 1.82) is 0 Å². The van der Waals surface area contributed by atoms with Gasteiger partial charge in [0.25, 0.3) is 0 Å². The number of likely N-dealkylation sites (tertiary alicyclic amines) is 1. The predicted molar refractivity (Wildman–Crippen MR) is 67.2 cm³/mol. The fourth-order valence-electron chi connectivity index (χ4n) is 2.63. The van der Waals surface area contributed by atoms with Gasteiger partial charge in [-0.25, -0.2) is 4.98 Å². The third-order valence-electron chi connectivity index (χ3n) is 3.67. The van der Waals surface area contributed by atoms with Crippen LogP contribution in [0.5, 0.6) is 0 Å². The van der Waals surface area contributed by atoms with E-state index in [2.05, 4.69) is 14.4 Å². The summed E-state index contributed by atoms with van der Waals surface area (Å²) in [7, 11) is 0. The number of piperidine rings is 1. The summed E-state index contributed by atoms with van der Waals surface area (Å²) >= 11 is 0. The number of carbonyl (C=O) groups excluding carboxylic acids is 1. The Labute approximate surface area is 105 Å². The van der Waals surface area contributed by atoms with Crippen LogP contribution < -0.4 is 0 Å². The Balaban J connectivity index is 1.82. The van der Waals surface area contributed by atoms with Gasteiger partial charge in [-0.05, 0) is 12.8 Å². The van der Waals surface area contributed by atoms with E-state index >= 15 is 0 Å². The minimum atomic E-state index is 0.172. The largest absolute Gasteiger partial charge is 0.343 e. The molecule has 3 heterocycles. The first kappa shape index (κ1) is 11.2. The Hall–Kier alpha value is -1.91. The first-order chi connectivity index (χ1) is 8.75. The van der Waals surface area contributed by atoms with Crippen LogP contribution in [0.2, 0.25) is 0 Å². The van der Waals surface area contributed by atoms with Crippen molar-refractivity contribution in [3.05, 3.63) is 30.6 Å². The Kier molecular flexibility index (Phi) is 2.74. The van der Waals surface area contributed by atoms with E-state index in [1.807, 2.05) is 23.5 Å². The van der Waals surface area contributed by atoms with Gasteiger partial charge in [0, 0.05) is 38.3 Å². The highest BCUT2D eigenvalue weighted by Crippen LogP contribution is 2.27. The summed E-state index contributed by atoms with van der Waals surface area (Å²) in [6.07, 6.45) is 9.39. The molecule has 0 spiro atoms. The Morgan fingerprint density at radius 3 is 2.83 bits per heavy atom. The second-order valence-corrected chi connectivity index (χ2v) is 4.77. The molecule has 3 rings (SSSR count). The lowest BCUT2D eigenvalue weighted by atomic mass is 9.96. The average molecular weight is 244 g/mol. The van der Waals surface area contributed by atoms with Crippen molar-refractivity contribution >= 4 is 11.4 Å². The molecule has 0 aliphatic carbocycles. The maximum absolute atomic E-state index is 11.3. The first-order valence-electron chi connectivity index (χ1n) is 6.28. The quantitative estimate of drug-likeness (QED) is 0.763. The minimum Gasteiger partial charge on any atom is -0.343 e. The zero-order valence-corrected chi connectivity index (χ0v) is 10.4. The average Bonchev–Trinajstić information content (AvgIpc) is 2.82. The number of carbonyl (C=O) groups is 1. The third-order valence-corrected chi connectivity index (χ3v) is 3.67. The highest BCUT2D eigenvalue weighted by Gasteiger charge is 2.24. The molecule has 2 aromatic heterocycles. The van der Waals surface area contributed by atoms with E-state index in [4.69, 9.17) is 0 Å². The summed E-state index contributed by atoms with van der Waals surface area (Å²) in [5.41, 5.74) is 1.03. The van der Waals surface area contributed by atoms with Gasteiger partial charge in [0.2, 0.25) is 5.91 Å². The molecule has 1 saturated heterocycles. The highest BCUT2D eigenvalue weighted by atomic mass is 16.2. The van der Waals surface area contributed by atoms with Crippen LogP contribution >= 0.6 is 0 Å². The summed E-state index contributed by atoms with van der Waals surface area (Å²) < 4.78 is 2.10. The number of hydrogen-bond acceptors (Lipinski definition) is 3. The molecule has 18 heavy (non-hydrogen) atoms. The number of nitrogens with zero attached hydrogens (tertiary/aromatic N) is 4. The summed E-state index contributed by atoms with van der Waals surface area (Å²) in [5.74, 6) is 1.70. The summed E-state index contributed by atoms with van der Waals surface area (Å²) in [4.78, 5) is 21.8. The van der Waals surface area contributed by atoms with Crippen LogP contribution in [0.25, 0.3) is 5.52 Å². The number of rotatable bonds is 1. The van der Waals surface area contributed by atoms with Crippen molar-refractivity contribution in [3.63, 3.8) is 0 Å². The number of imidazole rings is 1. The van der Waals surface area contributed by atoms with Gasteiger partial charge >= 0.3 is 0 Å². The molecule has 0 bridgehead atoms. The van der Waals surface area contributed by atoms with E-state index in [1.165, 1.54) is 0 Å². The van der Waals surface area contributed by atoms with Crippen molar-refractivity contribution in [2.24, 2.45) is 0 Å². The van der Waals surface area contributed by atoms with Gasteiger partial charge in [-0.2, -0.15) is 0 Å². The molecule has 2 aromatic rings. The van der Waals surface area contributed by atoms with Gasteiger partial charge in [-0.3, -0.25) is 9.78 Å². The fourth-order valence-corrected chi connectivity index (χ4v) is 2.63. The number of amides is 1. The molecule has 1 amide bonds. The molecule has 0 radical (unpaired) electrons. The van der Waals surface area contributed by atoms with Crippen LogP contribution in [0.3, 0.4) is 0 Å². The zero-order chi connectivity index (χ0) is 12.5. The zero-order valence-electron chi connectivity index (χ0n) is 10.4. The Morgan fingerprint density at radius 2 is 2.11 bits per heavy atom. The van der Waals surface area contributed by atoms with E-state index in [1.54, 1.807) is 13.1 Å². The van der Waals surface area contributed by atoms with Crippen molar-refractivity contribution in [2.45, 2.75) is 25.7 Å². The number of hydrogen-bond donors (Lipinski definition) is 0. The molecule has 1 aliphatic heterocycles. The molecule has 5 heteroatoms. The van der Waals surface area contributed by atoms with E-state index in [9.17, 15) is 4.79 Å². The third kappa shape index (κ3) is 1.85. The second-order valence-electron chi connectivity index (χ2n) is 4.77. The minimum absolute atomic E-state index is 0.172. The van der Waals surface area contributed by atoms with Crippen LogP contribution in [-0.4, -0.2) is 38.3 Å². The predicted octanol–water partition coefficient (Wildman–Crippen LogP) is 1.46. The standard InChI is InChI=1S/C13H16N4O/c1-10(18)16-5-2-11(3-6-16)13-15-9-12-8-14-4-7-17(12)13/h4,7-9,11H,2-3,5-6H2,1H3. The summed E-state index contributed by atoms with van der Waals surface area (Å²) in [5, 5.41) is 0. The van der Waals surface area contributed by atoms with Gasteiger partial charge in [-0.1, -0.05) is 0 Å².